The van der Waals surface area contributed by atoms with E-state index in [-0.39, 0.29) is 6.10 Å². The molecule has 21 heavy (non-hydrogen) atoms. The molecule has 1 saturated heterocycles. The maximum atomic E-state index is 10.5. The van der Waals surface area contributed by atoms with Crippen LogP contribution in [0.25, 0.3) is 0 Å². The first-order chi connectivity index (χ1) is 10.3. The van der Waals surface area contributed by atoms with Gasteiger partial charge < -0.3 is 15.3 Å². The lowest BCUT2D eigenvalue weighted by molar-refractivity contribution is 0.0504. The van der Waals surface area contributed by atoms with E-state index < -0.39 is 0 Å². The molecule has 3 nitrogen and oxygen atoms in total. The molecule has 2 aliphatic rings. The van der Waals surface area contributed by atoms with Crippen LogP contribution in [0.1, 0.15) is 64.7 Å². The molecule has 1 aliphatic heterocycles. The molecule has 2 atom stereocenters. The third-order valence-corrected chi connectivity index (χ3v) is 5.44. The third-order valence-electron chi connectivity index (χ3n) is 5.44. The van der Waals surface area contributed by atoms with Crippen LogP contribution in [-0.4, -0.2) is 48.8 Å². The molecule has 0 radical (unpaired) electrons. The Morgan fingerprint density at radius 2 is 1.90 bits per heavy atom. The van der Waals surface area contributed by atoms with Crippen molar-refractivity contribution in [1.29, 1.82) is 0 Å². The fraction of sp³-hybridized carbons (Fsp3) is 1.00. The van der Waals surface area contributed by atoms with Crippen molar-refractivity contribution in [3.8, 4) is 0 Å². The van der Waals surface area contributed by atoms with E-state index in [1.54, 1.807) is 0 Å². The second-order valence-corrected chi connectivity index (χ2v) is 7.27. The summed E-state index contributed by atoms with van der Waals surface area (Å²) < 4.78 is 0. The van der Waals surface area contributed by atoms with Crippen molar-refractivity contribution in [3.05, 3.63) is 0 Å². The predicted octanol–water partition coefficient (Wildman–Crippen LogP) is 3.03. The Bertz CT molecular complexity index is 260. The van der Waals surface area contributed by atoms with Crippen LogP contribution in [0, 0.1) is 11.8 Å². The van der Waals surface area contributed by atoms with Crippen LogP contribution in [0.2, 0.25) is 0 Å². The van der Waals surface area contributed by atoms with Gasteiger partial charge in [0.1, 0.15) is 0 Å². The van der Waals surface area contributed by atoms with Crippen molar-refractivity contribution in [2.75, 3.05) is 32.7 Å². The van der Waals surface area contributed by atoms with Gasteiger partial charge in [0, 0.05) is 13.1 Å². The summed E-state index contributed by atoms with van der Waals surface area (Å²) in [7, 11) is 0. The van der Waals surface area contributed by atoms with E-state index in [1.165, 1.54) is 64.3 Å². The number of nitrogens with zero attached hydrogens (tertiary/aromatic N) is 1. The fourth-order valence-corrected chi connectivity index (χ4v) is 4.07. The molecule has 0 aromatic rings. The quantitative estimate of drug-likeness (QED) is 0.723. The minimum absolute atomic E-state index is 0.143. The van der Waals surface area contributed by atoms with Crippen molar-refractivity contribution in [3.63, 3.8) is 0 Å². The Morgan fingerprint density at radius 1 is 1.10 bits per heavy atom. The maximum absolute atomic E-state index is 10.5. The molecule has 0 aromatic heterocycles. The molecule has 0 aromatic carbocycles. The number of piperidine rings is 1. The normalized spacial score (nSPS) is 26.1. The van der Waals surface area contributed by atoms with Gasteiger partial charge in [0.15, 0.2) is 0 Å². The number of hydrogen-bond donors (Lipinski definition) is 2. The largest absolute Gasteiger partial charge is 0.391 e. The van der Waals surface area contributed by atoms with Gasteiger partial charge in [0.2, 0.25) is 0 Å². The minimum atomic E-state index is -0.143. The van der Waals surface area contributed by atoms with Gasteiger partial charge in [0.05, 0.1) is 6.10 Å². The van der Waals surface area contributed by atoms with Crippen LogP contribution in [0.15, 0.2) is 0 Å². The molecule has 0 amide bonds. The molecule has 1 saturated carbocycles. The standard InChI is InChI=1S/C18H36N2O/c1-2-12-20(13-10-16-7-4-3-5-8-16)15-18(21)17-9-6-11-19-14-17/h16-19,21H,2-15H2,1H3. The van der Waals surface area contributed by atoms with E-state index in [2.05, 4.69) is 17.1 Å². The van der Waals surface area contributed by atoms with Gasteiger partial charge in [-0.3, -0.25) is 0 Å². The van der Waals surface area contributed by atoms with Crippen molar-refractivity contribution < 1.29 is 5.11 Å². The lowest BCUT2D eigenvalue weighted by Crippen LogP contribution is -2.43. The van der Waals surface area contributed by atoms with Crippen LogP contribution in [0.4, 0.5) is 0 Å². The lowest BCUT2D eigenvalue weighted by atomic mass is 9.87. The first kappa shape index (κ1) is 17.2. The van der Waals surface area contributed by atoms with Crippen molar-refractivity contribution >= 4 is 0 Å². The average Bonchev–Trinajstić information content (AvgIpc) is 2.54. The zero-order valence-electron chi connectivity index (χ0n) is 14.0. The number of aliphatic hydroxyl groups is 1. The minimum Gasteiger partial charge on any atom is -0.391 e. The Hall–Kier alpha value is -0.120. The van der Waals surface area contributed by atoms with Gasteiger partial charge in [-0.25, -0.2) is 0 Å². The van der Waals surface area contributed by atoms with E-state index in [0.717, 1.165) is 32.1 Å². The zero-order chi connectivity index (χ0) is 14.9. The second kappa shape index (κ2) is 9.81. The highest BCUT2D eigenvalue weighted by Crippen LogP contribution is 2.26. The summed E-state index contributed by atoms with van der Waals surface area (Å²) in [5.41, 5.74) is 0. The van der Waals surface area contributed by atoms with Gasteiger partial charge in [0.25, 0.3) is 0 Å². The summed E-state index contributed by atoms with van der Waals surface area (Å²) in [5, 5.41) is 14.0. The summed E-state index contributed by atoms with van der Waals surface area (Å²) >= 11 is 0. The molecular formula is C18H36N2O. The zero-order valence-corrected chi connectivity index (χ0v) is 14.0. The Balaban J connectivity index is 1.71. The highest BCUT2D eigenvalue weighted by atomic mass is 16.3. The molecule has 1 aliphatic carbocycles. The summed E-state index contributed by atoms with van der Waals surface area (Å²) in [6.07, 6.45) is 12.0. The molecule has 2 rings (SSSR count). The van der Waals surface area contributed by atoms with Crippen LogP contribution < -0.4 is 5.32 Å². The Morgan fingerprint density at radius 3 is 2.57 bits per heavy atom. The molecule has 0 bridgehead atoms. The van der Waals surface area contributed by atoms with Crippen LogP contribution >= 0.6 is 0 Å². The molecule has 2 fully saturated rings. The van der Waals surface area contributed by atoms with Gasteiger partial charge >= 0.3 is 0 Å². The Labute approximate surface area is 131 Å². The highest BCUT2D eigenvalue weighted by Gasteiger charge is 2.24. The number of aliphatic hydroxyl groups excluding tert-OH is 1. The molecule has 2 unspecified atom stereocenters. The first-order valence-corrected chi connectivity index (χ1v) is 9.40. The Kier molecular flexibility index (Phi) is 8.05. The summed E-state index contributed by atoms with van der Waals surface area (Å²) in [6, 6.07) is 0. The summed E-state index contributed by atoms with van der Waals surface area (Å²) in [5.74, 6) is 1.42. The van der Waals surface area contributed by atoms with E-state index in [0.29, 0.717) is 5.92 Å². The summed E-state index contributed by atoms with van der Waals surface area (Å²) in [4.78, 5) is 2.52. The van der Waals surface area contributed by atoms with Crippen molar-refractivity contribution in [2.24, 2.45) is 11.8 Å². The van der Waals surface area contributed by atoms with E-state index in [1.807, 2.05) is 0 Å². The molecule has 124 valence electrons. The molecule has 0 spiro atoms. The van der Waals surface area contributed by atoms with E-state index >= 15 is 0 Å². The second-order valence-electron chi connectivity index (χ2n) is 7.27. The number of hydrogen-bond acceptors (Lipinski definition) is 3. The van der Waals surface area contributed by atoms with Crippen molar-refractivity contribution in [1.82, 2.24) is 10.2 Å². The highest BCUT2D eigenvalue weighted by molar-refractivity contribution is 4.79. The summed E-state index contributed by atoms with van der Waals surface area (Å²) in [6.45, 7) is 7.60. The average molecular weight is 296 g/mol. The number of nitrogens with one attached hydrogen (secondary N) is 1. The fourth-order valence-electron chi connectivity index (χ4n) is 4.07. The van der Waals surface area contributed by atoms with Gasteiger partial charge in [-0.2, -0.15) is 0 Å². The maximum Gasteiger partial charge on any atom is 0.0707 e. The van der Waals surface area contributed by atoms with Crippen molar-refractivity contribution in [2.45, 2.75) is 70.8 Å². The monoisotopic (exact) mass is 296 g/mol. The number of rotatable bonds is 8. The lowest BCUT2D eigenvalue weighted by Gasteiger charge is -2.32. The molecule has 2 N–H and O–H groups in total. The van der Waals surface area contributed by atoms with Gasteiger partial charge in [-0.15, -0.1) is 0 Å². The first-order valence-electron chi connectivity index (χ1n) is 9.40. The van der Waals surface area contributed by atoms with E-state index in [9.17, 15) is 5.11 Å². The van der Waals surface area contributed by atoms with Crippen LogP contribution in [0.3, 0.4) is 0 Å². The predicted molar refractivity (Wildman–Crippen MR) is 89.5 cm³/mol. The van der Waals surface area contributed by atoms with Gasteiger partial charge in [-0.1, -0.05) is 39.0 Å². The topological polar surface area (TPSA) is 35.5 Å². The van der Waals surface area contributed by atoms with Crippen LogP contribution in [0.5, 0.6) is 0 Å². The third kappa shape index (κ3) is 6.25. The van der Waals surface area contributed by atoms with E-state index in [4.69, 9.17) is 0 Å². The smallest absolute Gasteiger partial charge is 0.0707 e. The van der Waals surface area contributed by atoms with Gasteiger partial charge in [-0.05, 0) is 57.2 Å². The molecule has 3 heteroatoms. The SMILES string of the molecule is CCCN(CCC1CCCCC1)CC(O)C1CCCNC1. The molecular weight excluding hydrogens is 260 g/mol. The van der Waals surface area contributed by atoms with Crippen LogP contribution in [-0.2, 0) is 0 Å². The molecule has 1 heterocycles.